The Morgan fingerprint density at radius 2 is 1.88 bits per heavy atom. The Morgan fingerprint density at radius 1 is 1.17 bits per heavy atom. The van der Waals surface area contributed by atoms with Gasteiger partial charge in [0.25, 0.3) is 0 Å². The van der Waals surface area contributed by atoms with E-state index in [9.17, 15) is 0 Å². The molecule has 132 valence electrons. The van der Waals surface area contributed by atoms with E-state index < -0.39 is 0 Å². The summed E-state index contributed by atoms with van der Waals surface area (Å²) in [6, 6.07) is 6.60. The third kappa shape index (κ3) is 3.75. The van der Waals surface area contributed by atoms with Crippen LogP contribution in [0.25, 0.3) is 11.0 Å². The standard InChI is InChI=1S/C18H28ClN5/c1-13(24-9-7-22(3)8-10-24)12-20-14(2)18-21-16-6-5-15(19)11-17(16)23(18)4/h5-6,11,13-14,20H,7-10,12H2,1-4H3/t13-,14+/m1/s1. The first-order valence-electron chi connectivity index (χ1n) is 8.73. The van der Waals surface area contributed by atoms with Crippen molar-refractivity contribution in [1.82, 2.24) is 24.7 Å². The van der Waals surface area contributed by atoms with E-state index in [0.29, 0.717) is 6.04 Å². The number of fused-ring (bicyclic) bond motifs is 1. The molecule has 2 heterocycles. The van der Waals surface area contributed by atoms with Crippen molar-refractivity contribution in [1.29, 1.82) is 0 Å². The normalized spacial score (nSPS) is 19.7. The molecule has 2 atom stereocenters. The molecule has 0 aliphatic carbocycles. The van der Waals surface area contributed by atoms with E-state index in [1.165, 1.54) is 0 Å². The summed E-state index contributed by atoms with van der Waals surface area (Å²) in [6.45, 7) is 10.1. The van der Waals surface area contributed by atoms with Gasteiger partial charge in [0.2, 0.25) is 0 Å². The van der Waals surface area contributed by atoms with E-state index in [4.69, 9.17) is 16.6 Å². The number of piperazine rings is 1. The molecule has 1 aromatic carbocycles. The molecule has 6 heteroatoms. The first-order chi connectivity index (χ1) is 11.5. The lowest BCUT2D eigenvalue weighted by atomic mass is 10.2. The molecule has 1 N–H and O–H groups in total. The van der Waals surface area contributed by atoms with Gasteiger partial charge in [-0.25, -0.2) is 4.98 Å². The zero-order valence-corrected chi connectivity index (χ0v) is 15.8. The second-order valence-electron chi connectivity index (χ2n) is 6.98. The lowest BCUT2D eigenvalue weighted by molar-refractivity contribution is 0.116. The highest BCUT2D eigenvalue weighted by Crippen LogP contribution is 2.22. The van der Waals surface area contributed by atoms with Gasteiger partial charge < -0.3 is 14.8 Å². The van der Waals surface area contributed by atoms with E-state index >= 15 is 0 Å². The van der Waals surface area contributed by atoms with Crippen LogP contribution in [0, 0.1) is 0 Å². The van der Waals surface area contributed by atoms with Crippen molar-refractivity contribution in [2.45, 2.75) is 25.9 Å². The number of rotatable bonds is 5. The summed E-state index contributed by atoms with van der Waals surface area (Å²) in [6.07, 6.45) is 0. The van der Waals surface area contributed by atoms with Gasteiger partial charge in [0.05, 0.1) is 17.1 Å². The molecule has 1 aliphatic heterocycles. The Balaban J connectivity index is 1.62. The average Bonchev–Trinajstić information content (AvgIpc) is 2.89. The van der Waals surface area contributed by atoms with Crippen molar-refractivity contribution in [3.63, 3.8) is 0 Å². The second-order valence-corrected chi connectivity index (χ2v) is 7.42. The Morgan fingerprint density at radius 3 is 2.58 bits per heavy atom. The molecule has 1 aromatic heterocycles. The molecule has 2 aromatic rings. The third-order valence-electron chi connectivity index (χ3n) is 5.15. The van der Waals surface area contributed by atoms with Gasteiger partial charge in [0.15, 0.2) is 0 Å². The smallest absolute Gasteiger partial charge is 0.126 e. The maximum Gasteiger partial charge on any atom is 0.126 e. The molecule has 1 saturated heterocycles. The molecule has 0 bridgehead atoms. The van der Waals surface area contributed by atoms with E-state index in [0.717, 1.165) is 54.6 Å². The van der Waals surface area contributed by atoms with Crippen molar-refractivity contribution in [3.8, 4) is 0 Å². The van der Waals surface area contributed by atoms with Crippen LogP contribution >= 0.6 is 11.6 Å². The zero-order chi connectivity index (χ0) is 17.3. The minimum absolute atomic E-state index is 0.205. The first kappa shape index (κ1) is 17.7. The zero-order valence-electron chi connectivity index (χ0n) is 15.1. The lowest BCUT2D eigenvalue weighted by Gasteiger charge is -2.36. The topological polar surface area (TPSA) is 36.3 Å². The summed E-state index contributed by atoms with van der Waals surface area (Å²) in [5, 5.41) is 4.40. The van der Waals surface area contributed by atoms with Crippen LogP contribution in [0.5, 0.6) is 0 Å². The van der Waals surface area contributed by atoms with Gasteiger partial charge in [-0.2, -0.15) is 0 Å². The number of halogens is 1. The van der Waals surface area contributed by atoms with Crippen LogP contribution in [0.4, 0.5) is 0 Å². The van der Waals surface area contributed by atoms with Crippen LogP contribution in [-0.2, 0) is 7.05 Å². The largest absolute Gasteiger partial charge is 0.330 e. The van der Waals surface area contributed by atoms with Gasteiger partial charge in [-0.3, -0.25) is 4.90 Å². The Bertz CT molecular complexity index is 690. The predicted molar refractivity (Wildman–Crippen MR) is 101 cm³/mol. The number of imidazole rings is 1. The number of hydrogen-bond acceptors (Lipinski definition) is 4. The Labute approximate surface area is 149 Å². The molecule has 0 saturated carbocycles. The molecule has 0 radical (unpaired) electrons. The predicted octanol–water partition coefficient (Wildman–Crippen LogP) is 2.51. The molecule has 3 rings (SSSR count). The van der Waals surface area contributed by atoms with Crippen molar-refractivity contribution >= 4 is 22.6 Å². The molecule has 24 heavy (non-hydrogen) atoms. The number of hydrogen-bond donors (Lipinski definition) is 1. The Kier molecular flexibility index (Phi) is 5.45. The number of aromatic nitrogens is 2. The summed E-state index contributed by atoms with van der Waals surface area (Å²) in [5.41, 5.74) is 2.08. The van der Waals surface area contributed by atoms with Crippen LogP contribution in [-0.4, -0.2) is 65.2 Å². The molecule has 1 aliphatic rings. The summed E-state index contributed by atoms with van der Waals surface area (Å²) in [7, 11) is 4.25. The summed E-state index contributed by atoms with van der Waals surface area (Å²) in [5.74, 6) is 1.05. The van der Waals surface area contributed by atoms with Crippen molar-refractivity contribution in [2.24, 2.45) is 7.05 Å². The van der Waals surface area contributed by atoms with Crippen LogP contribution in [0.15, 0.2) is 18.2 Å². The van der Waals surface area contributed by atoms with Gasteiger partial charge >= 0.3 is 0 Å². The molecule has 5 nitrogen and oxygen atoms in total. The molecule has 0 unspecified atom stereocenters. The van der Waals surface area contributed by atoms with E-state index in [2.05, 4.69) is 47.6 Å². The molecule has 0 amide bonds. The molecular formula is C18H28ClN5. The highest BCUT2D eigenvalue weighted by atomic mass is 35.5. The minimum Gasteiger partial charge on any atom is -0.330 e. The monoisotopic (exact) mass is 349 g/mol. The summed E-state index contributed by atoms with van der Waals surface area (Å²) < 4.78 is 2.14. The number of likely N-dealkylation sites (N-methyl/N-ethyl adjacent to an activating group) is 1. The van der Waals surface area contributed by atoms with Gasteiger partial charge in [-0.1, -0.05) is 11.6 Å². The fraction of sp³-hybridized carbons (Fsp3) is 0.611. The van der Waals surface area contributed by atoms with Gasteiger partial charge in [0, 0.05) is 50.8 Å². The van der Waals surface area contributed by atoms with Crippen LogP contribution in [0.1, 0.15) is 25.7 Å². The maximum atomic E-state index is 6.11. The van der Waals surface area contributed by atoms with Crippen LogP contribution in [0.2, 0.25) is 5.02 Å². The van der Waals surface area contributed by atoms with Crippen molar-refractivity contribution in [2.75, 3.05) is 39.8 Å². The highest BCUT2D eigenvalue weighted by molar-refractivity contribution is 6.31. The van der Waals surface area contributed by atoms with Crippen LogP contribution < -0.4 is 5.32 Å². The fourth-order valence-corrected chi connectivity index (χ4v) is 3.57. The van der Waals surface area contributed by atoms with Gasteiger partial charge in [0.1, 0.15) is 5.82 Å². The number of benzene rings is 1. The van der Waals surface area contributed by atoms with E-state index in [1.54, 1.807) is 0 Å². The number of nitrogens with zero attached hydrogens (tertiary/aromatic N) is 4. The summed E-state index contributed by atoms with van der Waals surface area (Å²) in [4.78, 5) is 9.73. The van der Waals surface area contributed by atoms with Gasteiger partial charge in [-0.15, -0.1) is 0 Å². The Hall–Kier alpha value is -1.14. The first-order valence-corrected chi connectivity index (χ1v) is 9.11. The molecular weight excluding hydrogens is 322 g/mol. The number of aryl methyl sites for hydroxylation is 1. The number of nitrogens with one attached hydrogen (secondary N) is 1. The van der Waals surface area contributed by atoms with E-state index in [-0.39, 0.29) is 6.04 Å². The fourth-order valence-electron chi connectivity index (χ4n) is 3.40. The SMILES string of the molecule is C[C@H](NC[C@@H](C)N1CCN(C)CC1)c1nc2ccc(Cl)cc2n1C. The van der Waals surface area contributed by atoms with E-state index in [1.807, 2.05) is 18.2 Å². The minimum atomic E-state index is 0.205. The quantitative estimate of drug-likeness (QED) is 0.899. The van der Waals surface area contributed by atoms with Crippen LogP contribution in [0.3, 0.4) is 0 Å². The maximum absolute atomic E-state index is 6.11. The molecule has 1 fully saturated rings. The van der Waals surface area contributed by atoms with Gasteiger partial charge in [-0.05, 0) is 39.1 Å². The summed E-state index contributed by atoms with van der Waals surface area (Å²) >= 11 is 6.11. The second kappa shape index (κ2) is 7.40. The lowest BCUT2D eigenvalue weighted by Crippen LogP contribution is -2.51. The van der Waals surface area contributed by atoms with Crippen molar-refractivity contribution < 1.29 is 0 Å². The highest BCUT2D eigenvalue weighted by Gasteiger charge is 2.20. The van der Waals surface area contributed by atoms with Crippen molar-refractivity contribution in [3.05, 3.63) is 29.0 Å². The third-order valence-corrected chi connectivity index (χ3v) is 5.38. The molecule has 0 spiro atoms. The average molecular weight is 350 g/mol.